The molecule has 2 atom stereocenters. The minimum Gasteiger partial charge on any atom is -0.329 e. The number of hydrogen-bond acceptors (Lipinski definition) is 2. The second kappa shape index (κ2) is 4.42. The maximum Gasteiger partial charge on any atom is 0.0334 e. The van der Waals surface area contributed by atoms with E-state index < -0.39 is 0 Å². The summed E-state index contributed by atoms with van der Waals surface area (Å²) in [5, 5.41) is 0. The van der Waals surface area contributed by atoms with Crippen LogP contribution in [-0.2, 0) is 0 Å². The van der Waals surface area contributed by atoms with Crippen molar-refractivity contribution in [1.29, 1.82) is 0 Å². The number of nitrogens with zero attached hydrogens (tertiary/aromatic N) is 1. The molecule has 1 heterocycles. The van der Waals surface area contributed by atoms with Crippen LogP contribution in [0.5, 0.6) is 0 Å². The monoisotopic (exact) mass is 210 g/mol. The summed E-state index contributed by atoms with van der Waals surface area (Å²) >= 11 is 0. The van der Waals surface area contributed by atoms with Gasteiger partial charge >= 0.3 is 0 Å². The summed E-state index contributed by atoms with van der Waals surface area (Å²) in [4.78, 5) is 2.74. The van der Waals surface area contributed by atoms with Gasteiger partial charge in [-0.25, -0.2) is 0 Å². The fourth-order valence-electron chi connectivity index (χ4n) is 3.32. The van der Waals surface area contributed by atoms with E-state index in [2.05, 4.69) is 18.7 Å². The predicted octanol–water partition coefficient (Wildman–Crippen LogP) is 2.38. The van der Waals surface area contributed by atoms with Crippen LogP contribution >= 0.6 is 0 Å². The lowest BCUT2D eigenvalue weighted by Gasteiger charge is -2.48. The molecule has 2 unspecified atom stereocenters. The van der Waals surface area contributed by atoms with Crippen LogP contribution in [0, 0.1) is 5.92 Å². The topological polar surface area (TPSA) is 29.3 Å². The van der Waals surface area contributed by atoms with Crippen molar-refractivity contribution in [2.24, 2.45) is 11.7 Å². The first-order valence-corrected chi connectivity index (χ1v) is 6.69. The first kappa shape index (κ1) is 11.4. The van der Waals surface area contributed by atoms with Gasteiger partial charge in [-0.1, -0.05) is 13.3 Å². The third kappa shape index (κ3) is 2.07. The smallest absolute Gasteiger partial charge is 0.0334 e. The normalized spacial score (nSPS) is 32.6. The molecule has 1 saturated carbocycles. The Bertz CT molecular complexity index is 213. The molecule has 2 heteroatoms. The standard InChI is InChI=1S/C13H26N2/c1-3-12-6-4-5-9-15(12)13(2,10-14)11-7-8-11/h11-12H,3-10,14H2,1-2H3. The molecular formula is C13H26N2. The summed E-state index contributed by atoms with van der Waals surface area (Å²) in [6, 6.07) is 0.799. The molecule has 2 nitrogen and oxygen atoms in total. The van der Waals surface area contributed by atoms with E-state index in [-0.39, 0.29) is 0 Å². The Morgan fingerprint density at radius 3 is 2.53 bits per heavy atom. The quantitative estimate of drug-likeness (QED) is 0.772. The SMILES string of the molecule is CCC1CCCCN1C(C)(CN)C1CC1. The average molecular weight is 210 g/mol. The molecule has 88 valence electrons. The number of rotatable bonds is 4. The van der Waals surface area contributed by atoms with E-state index >= 15 is 0 Å². The summed E-state index contributed by atoms with van der Waals surface area (Å²) < 4.78 is 0. The Morgan fingerprint density at radius 2 is 2.00 bits per heavy atom. The van der Waals surface area contributed by atoms with Crippen molar-refractivity contribution >= 4 is 0 Å². The Kier molecular flexibility index (Phi) is 3.36. The van der Waals surface area contributed by atoms with Crippen LogP contribution in [-0.4, -0.2) is 29.6 Å². The van der Waals surface area contributed by atoms with E-state index in [1.165, 1.54) is 45.1 Å². The summed E-state index contributed by atoms with van der Waals surface area (Å²) in [5.41, 5.74) is 6.36. The summed E-state index contributed by atoms with van der Waals surface area (Å²) in [7, 11) is 0. The number of hydrogen-bond donors (Lipinski definition) is 1. The molecule has 0 aromatic heterocycles. The van der Waals surface area contributed by atoms with Crippen LogP contribution in [0.1, 0.15) is 52.4 Å². The maximum absolute atomic E-state index is 6.05. The molecule has 0 aromatic rings. The van der Waals surface area contributed by atoms with Gasteiger partial charge in [0, 0.05) is 18.1 Å². The molecule has 1 aliphatic heterocycles. The van der Waals surface area contributed by atoms with Crippen molar-refractivity contribution in [2.45, 2.75) is 64.0 Å². The molecular weight excluding hydrogens is 184 g/mol. The van der Waals surface area contributed by atoms with Gasteiger partial charge < -0.3 is 5.73 Å². The van der Waals surface area contributed by atoms with E-state index in [4.69, 9.17) is 5.73 Å². The first-order valence-electron chi connectivity index (χ1n) is 6.69. The summed E-state index contributed by atoms with van der Waals surface area (Å²) in [5.74, 6) is 0.884. The van der Waals surface area contributed by atoms with Crippen LogP contribution in [0.4, 0.5) is 0 Å². The molecule has 0 amide bonds. The van der Waals surface area contributed by atoms with Crippen molar-refractivity contribution in [3.8, 4) is 0 Å². The predicted molar refractivity (Wildman–Crippen MR) is 64.8 cm³/mol. The van der Waals surface area contributed by atoms with E-state index in [9.17, 15) is 0 Å². The Labute approximate surface area is 94.2 Å². The van der Waals surface area contributed by atoms with Crippen LogP contribution in [0.15, 0.2) is 0 Å². The lowest BCUT2D eigenvalue weighted by molar-refractivity contribution is 0.0171. The van der Waals surface area contributed by atoms with E-state index in [1.54, 1.807) is 0 Å². The molecule has 15 heavy (non-hydrogen) atoms. The molecule has 2 fully saturated rings. The molecule has 0 spiro atoms. The summed E-state index contributed by atoms with van der Waals surface area (Å²) in [6.07, 6.45) is 8.28. The van der Waals surface area contributed by atoms with Crippen LogP contribution in [0.2, 0.25) is 0 Å². The van der Waals surface area contributed by atoms with Crippen molar-refractivity contribution in [1.82, 2.24) is 4.90 Å². The van der Waals surface area contributed by atoms with Gasteiger partial charge in [-0.3, -0.25) is 4.90 Å². The fourth-order valence-corrected chi connectivity index (χ4v) is 3.32. The van der Waals surface area contributed by atoms with Gasteiger partial charge in [0.15, 0.2) is 0 Å². The van der Waals surface area contributed by atoms with Crippen molar-refractivity contribution < 1.29 is 0 Å². The third-order valence-corrected chi connectivity index (χ3v) is 4.62. The summed E-state index contributed by atoms with van der Waals surface area (Å²) in [6.45, 7) is 6.85. The molecule has 1 saturated heterocycles. The van der Waals surface area contributed by atoms with Gasteiger partial charge in [0.05, 0.1) is 0 Å². The molecule has 0 bridgehead atoms. The van der Waals surface area contributed by atoms with Gasteiger partial charge in [0.1, 0.15) is 0 Å². The molecule has 0 aromatic carbocycles. The maximum atomic E-state index is 6.05. The molecule has 2 N–H and O–H groups in total. The van der Waals surface area contributed by atoms with E-state index in [0.29, 0.717) is 5.54 Å². The van der Waals surface area contributed by atoms with E-state index in [0.717, 1.165) is 18.5 Å². The Hall–Kier alpha value is -0.0800. The third-order valence-electron chi connectivity index (χ3n) is 4.62. The number of likely N-dealkylation sites (tertiary alicyclic amines) is 1. The zero-order chi connectivity index (χ0) is 10.9. The second-order valence-electron chi connectivity index (χ2n) is 5.59. The first-order chi connectivity index (χ1) is 7.22. The van der Waals surface area contributed by atoms with Gasteiger partial charge in [-0.2, -0.15) is 0 Å². The van der Waals surface area contributed by atoms with E-state index in [1.807, 2.05) is 0 Å². The van der Waals surface area contributed by atoms with Gasteiger partial charge in [-0.15, -0.1) is 0 Å². The zero-order valence-electron chi connectivity index (χ0n) is 10.3. The minimum atomic E-state index is 0.307. The highest BCUT2D eigenvalue weighted by molar-refractivity contribution is 5.02. The number of nitrogens with two attached hydrogens (primary N) is 1. The highest BCUT2D eigenvalue weighted by atomic mass is 15.2. The lowest BCUT2D eigenvalue weighted by atomic mass is 9.87. The zero-order valence-corrected chi connectivity index (χ0v) is 10.3. The number of piperidine rings is 1. The van der Waals surface area contributed by atoms with Crippen LogP contribution in [0.3, 0.4) is 0 Å². The molecule has 1 aliphatic carbocycles. The van der Waals surface area contributed by atoms with Gasteiger partial charge in [-0.05, 0) is 51.5 Å². The molecule has 2 rings (SSSR count). The van der Waals surface area contributed by atoms with Crippen LogP contribution < -0.4 is 5.73 Å². The van der Waals surface area contributed by atoms with Gasteiger partial charge in [0.2, 0.25) is 0 Å². The highest BCUT2D eigenvalue weighted by Crippen LogP contribution is 2.44. The largest absolute Gasteiger partial charge is 0.329 e. The molecule has 0 radical (unpaired) electrons. The van der Waals surface area contributed by atoms with Crippen LogP contribution in [0.25, 0.3) is 0 Å². The Balaban J connectivity index is 2.10. The van der Waals surface area contributed by atoms with Crippen molar-refractivity contribution in [3.05, 3.63) is 0 Å². The Morgan fingerprint density at radius 1 is 1.27 bits per heavy atom. The molecule has 2 aliphatic rings. The average Bonchev–Trinajstić information content (AvgIpc) is 3.12. The lowest BCUT2D eigenvalue weighted by Crippen LogP contribution is -2.58. The minimum absolute atomic E-state index is 0.307. The highest BCUT2D eigenvalue weighted by Gasteiger charge is 2.46. The van der Waals surface area contributed by atoms with Crippen molar-refractivity contribution in [3.63, 3.8) is 0 Å². The second-order valence-corrected chi connectivity index (χ2v) is 5.59. The van der Waals surface area contributed by atoms with Gasteiger partial charge in [0.25, 0.3) is 0 Å². The fraction of sp³-hybridized carbons (Fsp3) is 1.00. The van der Waals surface area contributed by atoms with Crippen molar-refractivity contribution in [2.75, 3.05) is 13.1 Å².